The van der Waals surface area contributed by atoms with Gasteiger partial charge in [-0.2, -0.15) is 0 Å². The van der Waals surface area contributed by atoms with Crippen molar-refractivity contribution >= 4 is 34.0 Å². The van der Waals surface area contributed by atoms with Crippen molar-refractivity contribution in [2.24, 2.45) is 0 Å². The lowest BCUT2D eigenvalue weighted by molar-refractivity contribution is 0.0527. The third kappa shape index (κ3) is 4.24. The van der Waals surface area contributed by atoms with Gasteiger partial charge in [-0.1, -0.05) is 5.16 Å². The Hall–Kier alpha value is -3.33. The van der Waals surface area contributed by atoms with Crippen LogP contribution in [0, 0.1) is 12.7 Å². The van der Waals surface area contributed by atoms with Crippen LogP contribution in [0.25, 0.3) is 11.3 Å². The molecule has 150 valence electrons. The highest BCUT2D eigenvalue weighted by atomic mass is 32.1. The zero-order valence-electron chi connectivity index (χ0n) is 15.9. The summed E-state index contributed by atoms with van der Waals surface area (Å²) in [7, 11) is 0. The summed E-state index contributed by atoms with van der Waals surface area (Å²) in [5, 5.41) is 6.52. The van der Waals surface area contributed by atoms with Gasteiger partial charge in [-0.25, -0.2) is 9.18 Å². The number of rotatable bonds is 6. The fourth-order valence-electron chi connectivity index (χ4n) is 2.69. The van der Waals surface area contributed by atoms with E-state index in [0.717, 1.165) is 11.3 Å². The molecule has 2 heterocycles. The van der Waals surface area contributed by atoms with E-state index in [1.807, 2.05) is 0 Å². The molecule has 29 heavy (non-hydrogen) atoms. The van der Waals surface area contributed by atoms with Crippen LogP contribution in [-0.4, -0.2) is 29.4 Å². The fourth-order valence-corrected chi connectivity index (χ4v) is 3.77. The van der Waals surface area contributed by atoms with Gasteiger partial charge in [0.1, 0.15) is 10.8 Å². The Morgan fingerprint density at radius 1 is 1.24 bits per heavy atom. The number of anilines is 1. The number of hydrogen-bond donors (Lipinski definition) is 1. The Morgan fingerprint density at radius 3 is 2.55 bits per heavy atom. The monoisotopic (exact) mass is 416 g/mol. The lowest BCUT2D eigenvalue weighted by atomic mass is 10.1. The number of hydrogen-bond acceptors (Lipinski definition) is 7. The molecule has 0 saturated heterocycles. The van der Waals surface area contributed by atoms with Gasteiger partial charge in [-0.15, -0.1) is 11.3 Å². The van der Waals surface area contributed by atoms with Gasteiger partial charge in [0.25, 0.3) is 5.91 Å². The molecule has 0 aliphatic heterocycles. The zero-order valence-corrected chi connectivity index (χ0v) is 16.7. The number of nitrogens with zero attached hydrogens (tertiary/aromatic N) is 1. The van der Waals surface area contributed by atoms with Crippen LogP contribution in [0.3, 0.4) is 0 Å². The molecule has 3 rings (SSSR count). The van der Waals surface area contributed by atoms with Crippen LogP contribution in [-0.2, 0) is 4.74 Å². The molecule has 0 atom stereocenters. The Morgan fingerprint density at radius 2 is 1.93 bits per heavy atom. The van der Waals surface area contributed by atoms with Crippen LogP contribution < -0.4 is 5.32 Å². The molecule has 0 aliphatic rings. The molecule has 0 saturated carbocycles. The quantitative estimate of drug-likeness (QED) is 0.470. The van der Waals surface area contributed by atoms with Crippen LogP contribution in [0.2, 0.25) is 0 Å². The average Bonchev–Trinajstić information content (AvgIpc) is 3.28. The number of amides is 1. The Kier molecular flexibility index (Phi) is 5.88. The minimum absolute atomic E-state index is 0.0328. The largest absolute Gasteiger partial charge is 0.462 e. The second-order valence-corrected chi connectivity index (χ2v) is 7.10. The van der Waals surface area contributed by atoms with Crippen molar-refractivity contribution in [2.75, 3.05) is 11.9 Å². The van der Waals surface area contributed by atoms with Crippen LogP contribution >= 0.6 is 11.3 Å². The van der Waals surface area contributed by atoms with E-state index in [0.29, 0.717) is 16.0 Å². The molecular formula is C20H17FN2O5S. The second-order valence-electron chi connectivity index (χ2n) is 6.07. The maximum Gasteiger partial charge on any atom is 0.341 e. The number of aromatic nitrogens is 1. The normalized spacial score (nSPS) is 10.6. The number of Topliss-reactive ketones (excluding diaryl/α,β-unsaturated/α-hetero) is 1. The first-order valence-electron chi connectivity index (χ1n) is 8.67. The van der Waals surface area contributed by atoms with Gasteiger partial charge in [-0.05, 0) is 50.6 Å². The topological polar surface area (TPSA) is 98.5 Å². The molecule has 0 spiro atoms. The van der Waals surface area contributed by atoms with Gasteiger partial charge in [-0.3, -0.25) is 9.59 Å². The minimum Gasteiger partial charge on any atom is -0.462 e. The van der Waals surface area contributed by atoms with Crippen molar-refractivity contribution in [3.05, 3.63) is 57.8 Å². The summed E-state index contributed by atoms with van der Waals surface area (Å²) >= 11 is 0.994. The Labute approximate surface area is 169 Å². The summed E-state index contributed by atoms with van der Waals surface area (Å²) in [6.07, 6.45) is 0. The van der Waals surface area contributed by atoms with E-state index < -0.39 is 17.7 Å². The maximum atomic E-state index is 13.1. The summed E-state index contributed by atoms with van der Waals surface area (Å²) in [5.74, 6) is -1.58. The maximum absolute atomic E-state index is 13.1. The summed E-state index contributed by atoms with van der Waals surface area (Å²) in [5.41, 5.74) is 1.10. The smallest absolute Gasteiger partial charge is 0.341 e. The van der Waals surface area contributed by atoms with Gasteiger partial charge in [0.05, 0.1) is 17.0 Å². The lowest BCUT2D eigenvalue weighted by Crippen LogP contribution is -2.15. The fraction of sp³-hybridized carbons (Fsp3) is 0.200. The molecule has 0 radical (unpaired) electrons. The van der Waals surface area contributed by atoms with Crippen molar-refractivity contribution in [2.45, 2.75) is 20.8 Å². The molecule has 2 aromatic heterocycles. The summed E-state index contributed by atoms with van der Waals surface area (Å²) in [6.45, 7) is 4.82. The number of carbonyl (C=O) groups is 3. The predicted molar refractivity (Wildman–Crippen MR) is 105 cm³/mol. The van der Waals surface area contributed by atoms with E-state index in [9.17, 15) is 18.8 Å². The van der Waals surface area contributed by atoms with E-state index in [1.54, 1.807) is 13.8 Å². The van der Waals surface area contributed by atoms with E-state index >= 15 is 0 Å². The first kappa shape index (κ1) is 20.4. The highest BCUT2D eigenvalue weighted by Gasteiger charge is 2.26. The number of esters is 1. The molecule has 9 heteroatoms. The molecule has 1 N–H and O–H groups in total. The van der Waals surface area contributed by atoms with E-state index in [1.165, 1.54) is 37.3 Å². The molecule has 0 unspecified atom stereocenters. The molecule has 7 nitrogen and oxygen atoms in total. The minimum atomic E-state index is -0.629. The van der Waals surface area contributed by atoms with Gasteiger partial charge in [0.2, 0.25) is 0 Å². The standard InChI is InChI=1S/C20H17FN2O5S/c1-4-27-20(26)16-10(2)17(11(3)24)29-19(16)22-18(25)14-9-15(28-23-14)12-5-7-13(21)8-6-12/h5-9H,4H2,1-3H3,(H,22,25). The number of thiophene rings is 1. The average molecular weight is 416 g/mol. The first-order chi connectivity index (χ1) is 13.8. The molecule has 0 aliphatic carbocycles. The molecule has 1 amide bonds. The molecule has 3 aromatic rings. The number of benzene rings is 1. The number of halogens is 1. The van der Waals surface area contributed by atoms with E-state index in [4.69, 9.17) is 9.26 Å². The Balaban J connectivity index is 1.89. The van der Waals surface area contributed by atoms with Gasteiger partial charge >= 0.3 is 5.97 Å². The van der Waals surface area contributed by atoms with E-state index in [2.05, 4.69) is 10.5 Å². The van der Waals surface area contributed by atoms with Gasteiger partial charge < -0.3 is 14.6 Å². The molecular weight excluding hydrogens is 399 g/mol. The van der Waals surface area contributed by atoms with E-state index in [-0.39, 0.29) is 34.4 Å². The summed E-state index contributed by atoms with van der Waals surface area (Å²) < 4.78 is 23.3. The van der Waals surface area contributed by atoms with Crippen LogP contribution in [0.15, 0.2) is 34.9 Å². The highest BCUT2D eigenvalue weighted by Crippen LogP contribution is 2.34. The molecule has 0 fully saturated rings. The van der Waals surface area contributed by atoms with Crippen molar-refractivity contribution in [3.63, 3.8) is 0 Å². The van der Waals surface area contributed by atoms with Crippen molar-refractivity contribution in [1.82, 2.24) is 5.16 Å². The van der Waals surface area contributed by atoms with Gasteiger partial charge in [0.15, 0.2) is 17.2 Å². The first-order valence-corrected chi connectivity index (χ1v) is 9.49. The highest BCUT2D eigenvalue weighted by molar-refractivity contribution is 7.18. The van der Waals surface area contributed by atoms with Gasteiger partial charge in [0, 0.05) is 11.6 Å². The predicted octanol–water partition coefficient (Wildman–Crippen LogP) is 4.48. The van der Waals surface area contributed by atoms with Crippen LogP contribution in [0.4, 0.5) is 9.39 Å². The number of nitrogens with one attached hydrogen (secondary N) is 1. The number of carbonyl (C=O) groups excluding carboxylic acids is 3. The summed E-state index contributed by atoms with van der Waals surface area (Å²) in [6, 6.07) is 6.93. The Bertz CT molecular complexity index is 1080. The number of ether oxygens (including phenoxy) is 1. The third-order valence-electron chi connectivity index (χ3n) is 4.04. The lowest BCUT2D eigenvalue weighted by Gasteiger charge is -2.05. The van der Waals surface area contributed by atoms with Crippen molar-refractivity contribution < 1.29 is 28.0 Å². The SMILES string of the molecule is CCOC(=O)c1c(NC(=O)c2cc(-c3ccc(F)cc3)on2)sc(C(C)=O)c1C. The van der Waals surface area contributed by atoms with Crippen molar-refractivity contribution in [3.8, 4) is 11.3 Å². The summed E-state index contributed by atoms with van der Waals surface area (Å²) in [4.78, 5) is 37.1. The molecule has 1 aromatic carbocycles. The third-order valence-corrected chi connectivity index (χ3v) is 5.35. The molecule has 0 bridgehead atoms. The van der Waals surface area contributed by atoms with Crippen LogP contribution in [0.1, 0.15) is 49.9 Å². The van der Waals surface area contributed by atoms with Crippen molar-refractivity contribution in [1.29, 1.82) is 0 Å². The van der Waals surface area contributed by atoms with Crippen LogP contribution in [0.5, 0.6) is 0 Å². The zero-order chi connectivity index (χ0) is 21.1. The number of ketones is 1. The second kappa shape index (κ2) is 8.36.